The Hall–Kier alpha value is -3.55. The molecule has 3 rings (SSSR count). The highest BCUT2D eigenvalue weighted by Gasteiger charge is 2.19. The summed E-state index contributed by atoms with van der Waals surface area (Å²) in [6.45, 7) is 1.75. The number of aromatic nitrogens is 1. The van der Waals surface area contributed by atoms with Crippen molar-refractivity contribution in [3.63, 3.8) is 0 Å². The highest BCUT2D eigenvalue weighted by atomic mass is 19.2. The van der Waals surface area contributed by atoms with Crippen molar-refractivity contribution in [3.05, 3.63) is 65.4 Å². The summed E-state index contributed by atoms with van der Waals surface area (Å²) in [5.74, 6) is -4.19. The first-order valence-corrected chi connectivity index (χ1v) is 7.94. The van der Waals surface area contributed by atoms with E-state index in [1.54, 1.807) is 6.92 Å². The Bertz CT molecular complexity index is 1040. The number of hydrogen-bond donors (Lipinski definition) is 1. The molecule has 0 aliphatic heterocycles. The molecule has 0 saturated heterocycles. The van der Waals surface area contributed by atoms with Gasteiger partial charge in [-0.15, -0.1) is 0 Å². The van der Waals surface area contributed by atoms with E-state index in [0.717, 1.165) is 12.1 Å². The Labute approximate surface area is 152 Å². The summed E-state index contributed by atoms with van der Waals surface area (Å²) >= 11 is 0. The Morgan fingerprint density at radius 3 is 2.44 bits per heavy atom. The molecule has 0 spiro atoms. The molecule has 0 bridgehead atoms. The minimum absolute atomic E-state index is 0.0272. The van der Waals surface area contributed by atoms with E-state index < -0.39 is 23.6 Å². The molecule has 0 aliphatic rings. The van der Waals surface area contributed by atoms with Gasteiger partial charge >= 0.3 is 5.97 Å². The number of pyridine rings is 1. The van der Waals surface area contributed by atoms with Crippen LogP contribution in [0.1, 0.15) is 27.6 Å². The van der Waals surface area contributed by atoms with Crippen molar-refractivity contribution in [2.45, 2.75) is 6.92 Å². The summed E-state index contributed by atoms with van der Waals surface area (Å²) in [5, 5.41) is 13.9. The molecule has 0 atom stereocenters. The average Bonchev–Trinajstić information content (AvgIpc) is 2.64. The predicted molar refractivity (Wildman–Crippen MR) is 91.7 cm³/mol. The molecule has 3 aromatic rings. The van der Waals surface area contributed by atoms with Gasteiger partial charge in [0.2, 0.25) is 0 Å². The van der Waals surface area contributed by atoms with Gasteiger partial charge in [0, 0.05) is 23.3 Å². The van der Waals surface area contributed by atoms with Gasteiger partial charge in [0.25, 0.3) is 0 Å². The van der Waals surface area contributed by atoms with Crippen LogP contribution < -0.4 is 10.4 Å². The smallest absolute Gasteiger partial charge is 0.341 e. The minimum Gasteiger partial charge on any atom is -0.545 e. The zero-order valence-corrected chi connectivity index (χ0v) is 14.1. The van der Waals surface area contributed by atoms with Gasteiger partial charge in [0.15, 0.2) is 11.6 Å². The van der Waals surface area contributed by atoms with Gasteiger partial charge in [0.05, 0.1) is 23.8 Å². The Balaban J connectivity index is 2.14. The average molecular weight is 371 g/mol. The summed E-state index contributed by atoms with van der Waals surface area (Å²) in [4.78, 5) is 27.1. The Kier molecular flexibility index (Phi) is 4.98. The van der Waals surface area contributed by atoms with Crippen LogP contribution in [0.2, 0.25) is 0 Å². The number of rotatable bonds is 5. The second-order valence-corrected chi connectivity index (χ2v) is 5.54. The van der Waals surface area contributed by atoms with Crippen LogP contribution in [0.3, 0.4) is 0 Å². The largest absolute Gasteiger partial charge is 0.545 e. The third-order valence-electron chi connectivity index (χ3n) is 3.80. The number of ether oxygens (including phenoxy) is 1. The molecule has 0 fully saturated rings. The van der Waals surface area contributed by atoms with Crippen LogP contribution in [0, 0.1) is 11.6 Å². The van der Waals surface area contributed by atoms with Crippen LogP contribution in [-0.4, -0.2) is 23.5 Å². The molecule has 0 saturated carbocycles. The van der Waals surface area contributed by atoms with Crippen molar-refractivity contribution in [1.29, 1.82) is 0 Å². The summed E-state index contributed by atoms with van der Waals surface area (Å²) in [7, 11) is 0. The van der Waals surface area contributed by atoms with Gasteiger partial charge in [-0.1, -0.05) is 12.1 Å². The van der Waals surface area contributed by atoms with E-state index in [0.29, 0.717) is 5.69 Å². The third-order valence-corrected chi connectivity index (χ3v) is 3.80. The maximum atomic E-state index is 13.8. The SMILES string of the molecule is CCOC(=O)c1cnc2cc(F)c(F)cc2c1Nc1ccc(C(=O)[O-])cc1. The molecule has 0 unspecified atom stereocenters. The first kappa shape index (κ1) is 18.2. The molecule has 6 nitrogen and oxygen atoms in total. The fourth-order valence-electron chi connectivity index (χ4n) is 2.52. The maximum absolute atomic E-state index is 13.8. The lowest BCUT2D eigenvalue weighted by Crippen LogP contribution is -2.21. The molecular formula is C19H13F2N2O4-. The fourth-order valence-corrected chi connectivity index (χ4v) is 2.52. The van der Waals surface area contributed by atoms with Crippen molar-refractivity contribution < 1.29 is 28.2 Å². The zero-order valence-electron chi connectivity index (χ0n) is 14.1. The van der Waals surface area contributed by atoms with Gasteiger partial charge in [-0.2, -0.15) is 0 Å². The third kappa shape index (κ3) is 3.69. The number of carbonyl (C=O) groups excluding carboxylic acids is 2. The summed E-state index contributed by atoms with van der Waals surface area (Å²) in [5.41, 5.74) is 0.718. The minimum atomic E-state index is -1.33. The molecule has 27 heavy (non-hydrogen) atoms. The van der Waals surface area contributed by atoms with E-state index in [1.807, 2.05) is 0 Å². The highest BCUT2D eigenvalue weighted by Crippen LogP contribution is 2.31. The summed E-state index contributed by atoms with van der Waals surface area (Å²) in [6.07, 6.45) is 1.20. The number of anilines is 2. The fraction of sp³-hybridized carbons (Fsp3) is 0.105. The van der Waals surface area contributed by atoms with Crippen LogP contribution in [0.5, 0.6) is 0 Å². The van der Waals surface area contributed by atoms with E-state index in [9.17, 15) is 23.5 Å². The molecule has 138 valence electrons. The van der Waals surface area contributed by atoms with Crippen molar-refractivity contribution in [2.24, 2.45) is 0 Å². The van der Waals surface area contributed by atoms with Crippen LogP contribution in [0.25, 0.3) is 10.9 Å². The zero-order chi connectivity index (χ0) is 19.6. The standard InChI is InChI=1S/C19H14F2N2O4/c1-2-27-19(26)13-9-22-16-8-15(21)14(20)7-12(16)17(13)23-11-5-3-10(4-6-11)18(24)25/h3-9H,2H2,1H3,(H,22,23)(H,24,25)/p-1. The van der Waals surface area contributed by atoms with Gasteiger partial charge in [-0.05, 0) is 30.7 Å². The first-order chi connectivity index (χ1) is 12.9. The maximum Gasteiger partial charge on any atom is 0.341 e. The molecule has 8 heteroatoms. The number of carbonyl (C=O) groups is 2. The van der Waals surface area contributed by atoms with Gasteiger partial charge < -0.3 is 20.0 Å². The monoisotopic (exact) mass is 371 g/mol. The number of carboxylic acid groups (broad SMARTS) is 1. The molecule has 1 N–H and O–H groups in total. The predicted octanol–water partition coefficient (Wildman–Crippen LogP) is 2.80. The number of hydrogen-bond acceptors (Lipinski definition) is 6. The second-order valence-electron chi connectivity index (χ2n) is 5.54. The lowest BCUT2D eigenvalue weighted by molar-refractivity contribution is -0.255. The number of nitrogens with zero attached hydrogens (tertiary/aromatic N) is 1. The molecular weight excluding hydrogens is 358 g/mol. The number of nitrogens with one attached hydrogen (secondary N) is 1. The number of fused-ring (bicyclic) bond motifs is 1. The van der Waals surface area contributed by atoms with Gasteiger partial charge in [-0.3, -0.25) is 4.98 Å². The number of halogens is 2. The number of benzene rings is 2. The molecule has 1 heterocycles. The van der Waals surface area contributed by atoms with Crippen LogP contribution in [0.4, 0.5) is 20.2 Å². The number of esters is 1. The summed E-state index contributed by atoms with van der Waals surface area (Å²) in [6, 6.07) is 7.37. The van der Waals surface area contributed by atoms with Crippen LogP contribution >= 0.6 is 0 Å². The van der Waals surface area contributed by atoms with E-state index >= 15 is 0 Å². The van der Waals surface area contributed by atoms with Crippen molar-refractivity contribution in [2.75, 3.05) is 11.9 Å². The van der Waals surface area contributed by atoms with E-state index in [-0.39, 0.29) is 34.3 Å². The van der Waals surface area contributed by atoms with Gasteiger partial charge in [0.1, 0.15) is 5.56 Å². The van der Waals surface area contributed by atoms with Crippen molar-refractivity contribution in [1.82, 2.24) is 4.98 Å². The molecule has 0 aliphatic carbocycles. The molecule has 1 aromatic heterocycles. The Morgan fingerprint density at radius 2 is 1.81 bits per heavy atom. The first-order valence-electron chi connectivity index (χ1n) is 7.94. The van der Waals surface area contributed by atoms with Gasteiger partial charge in [-0.25, -0.2) is 13.6 Å². The molecule has 2 aromatic carbocycles. The van der Waals surface area contributed by atoms with E-state index in [4.69, 9.17) is 4.74 Å². The summed E-state index contributed by atoms with van der Waals surface area (Å²) < 4.78 is 32.3. The number of aromatic carboxylic acids is 1. The van der Waals surface area contributed by atoms with Crippen LogP contribution in [0.15, 0.2) is 42.6 Å². The Morgan fingerprint density at radius 1 is 1.15 bits per heavy atom. The number of carboxylic acids is 1. The van der Waals surface area contributed by atoms with Crippen molar-refractivity contribution in [3.8, 4) is 0 Å². The highest BCUT2D eigenvalue weighted by molar-refractivity contribution is 6.06. The quantitative estimate of drug-likeness (QED) is 0.694. The lowest BCUT2D eigenvalue weighted by Gasteiger charge is -2.15. The van der Waals surface area contributed by atoms with Crippen molar-refractivity contribution >= 4 is 34.2 Å². The molecule has 0 radical (unpaired) electrons. The molecule has 0 amide bonds. The second kappa shape index (κ2) is 7.36. The van der Waals surface area contributed by atoms with E-state index in [1.165, 1.54) is 30.5 Å². The van der Waals surface area contributed by atoms with E-state index in [2.05, 4.69) is 10.3 Å². The lowest BCUT2D eigenvalue weighted by atomic mass is 10.1. The topological polar surface area (TPSA) is 91.3 Å². The normalized spacial score (nSPS) is 10.6. The van der Waals surface area contributed by atoms with Crippen LogP contribution in [-0.2, 0) is 4.74 Å².